The molecule has 5 heteroatoms. The van der Waals surface area contributed by atoms with Crippen molar-refractivity contribution < 1.29 is 9.59 Å². The molecule has 1 fully saturated rings. The van der Waals surface area contributed by atoms with Crippen molar-refractivity contribution in [2.45, 2.75) is 26.7 Å². The molecule has 0 spiro atoms. The third-order valence-corrected chi connectivity index (χ3v) is 3.20. The molecule has 1 heterocycles. The first-order valence-corrected chi connectivity index (χ1v) is 6.45. The number of piperidine rings is 1. The second-order valence-corrected chi connectivity index (χ2v) is 4.33. The number of nitrogens with zero attached hydrogens (tertiary/aromatic N) is 1. The molecule has 1 saturated heterocycles. The van der Waals surface area contributed by atoms with Gasteiger partial charge in [-0.2, -0.15) is 0 Å². The topological polar surface area (TPSA) is 61.4 Å². The van der Waals surface area contributed by atoms with Crippen LogP contribution in [0.25, 0.3) is 0 Å². The standard InChI is InChI=1S/C12H23N3O2/c1-3-15(4-2)11(16)9-14-12(17)10-6-5-7-13-8-10/h10,13H,3-9H2,1-2H3,(H,14,17)/t10-/m0/s1. The summed E-state index contributed by atoms with van der Waals surface area (Å²) in [7, 11) is 0. The zero-order chi connectivity index (χ0) is 12.7. The second kappa shape index (κ2) is 7.27. The molecule has 0 unspecified atom stereocenters. The predicted octanol–water partition coefficient (Wildman–Crippen LogP) is -0.0294. The lowest BCUT2D eigenvalue weighted by molar-refractivity contribution is -0.133. The van der Waals surface area contributed by atoms with E-state index in [0.29, 0.717) is 13.1 Å². The third-order valence-electron chi connectivity index (χ3n) is 3.20. The van der Waals surface area contributed by atoms with E-state index in [1.165, 1.54) is 0 Å². The van der Waals surface area contributed by atoms with Gasteiger partial charge in [0, 0.05) is 19.6 Å². The average molecular weight is 241 g/mol. The number of hydrogen-bond acceptors (Lipinski definition) is 3. The summed E-state index contributed by atoms with van der Waals surface area (Å²) < 4.78 is 0. The number of likely N-dealkylation sites (N-methyl/N-ethyl adjacent to an activating group) is 1. The SMILES string of the molecule is CCN(CC)C(=O)CNC(=O)[C@H]1CCCNC1. The van der Waals surface area contributed by atoms with Crippen LogP contribution in [0.2, 0.25) is 0 Å². The summed E-state index contributed by atoms with van der Waals surface area (Å²) in [6.07, 6.45) is 1.94. The summed E-state index contributed by atoms with van der Waals surface area (Å²) >= 11 is 0. The molecule has 0 aliphatic carbocycles. The minimum absolute atomic E-state index is 0.00212. The third kappa shape index (κ3) is 4.34. The first kappa shape index (κ1) is 14.0. The highest BCUT2D eigenvalue weighted by molar-refractivity contribution is 5.86. The monoisotopic (exact) mass is 241 g/mol. The zero-order valence-corrected chi connectivity index (χ0v) is 10.8. The van der Waals surface area contributed by atoms with Crippen molar-refractivity contribution in [3.63, 3.8) is 0 Å². The number of rotatable bonds is 5. The van der Waals surface area contributed by atoms with Gasteiger partial charge in [0.05, 0.1) is 12.5 Å². The van der Waals surface area contributed by atoms with Gasteiger partial charge in [0.2, 0.25) is 11.8 Å². The molecule has 17 heavy (non-hydrogen) atoms. The van der Waals surface area contributed by atoms with E-state index in [4.69, 9.17) is 0 Å². The van der Waals surface area contributed by atoms with E-state index in [1.54, 1.807) is 4.90 Å². The number of amides is 2. The zero-order valence-electron chi connectivity index (χ0n) is 10.8. The van der Waals surface area contributed by atoms with Crippen LogP contribution < -0.4 is 10.6 Å². The van der Waals surface area contributed by atoms with Crippen LogP contribution in [0.4, 0.5) is 0 Å². The minimum Gasteiger partial charge on any atom is -0.347 e. The summed E-state index contributed by atoms with van der Waals surface area (Å²) in [5, 5.41) is 5.92. The molecular formula is C12H23N3O2. The van der Waals surface area contributed by atoms with Gasteiger partial charge in [-0.1, -0.05) is 0 Å². The Morgan fingerprint density at radius 2 is 2.06 bits per heavy atom. The van der Waals surface area contributed by atoms with E-state index in [2.05, 4.69) is 10.6 Å². The maximum absolute atomic E-state index is 11.8. The number of carbonyl (C=O) groups excluding carboxylic acids is 2. The predicted molar refractivity (Wildman–Crippen MR) is 66.5 cm³/mol. The van der Waals surface area contributed by atoms with E-state index < -0.39 is 0 Å². The van der Waals surface area contributed by atoms with Gasteiger partial charge in [0.15, 0.2) is 0 Å². The molecule has 1 aliphatic rings. The van der Waals surface area contributed by atoms with Crippen LogP contribution >= 0.6 is 0 Å². The maximum atomic E-state index is 11.8. The Balaban J connectivity index is 2.29. The van der Waals surface area contributed by atoms with Crippen LogP contribution in [-0.2, 0) is 9.59 Å². The van der Waals surface area contributed by atoms with Crippen molar-refractivity contribution in [1.82, 2.24) is 15.5 Å². The van der Waals surface area contributed by atoms with Crippen LogP contribution in [0, 0.1) is 5.92 Å². The number of carbonyl (C=O) groups is 2. The molecule has 98 valence electrons. The summed E-state index contributed by atoms with van der Waals surface area (Å²) in [5.41, 5.74) is 0. The largest absolute Gasteiger partial charge is 0.347 e. The van der Waals surface area contributed by atoms with E-state index in [9.17, 15) is 9.59 Å². The highest BCUT2D eigenvalue weighted by atomic mass is 16.2. The van der Waals surface area contributed by atoms with Crippen LogP contribution in [0.5, 0.6) is 0 Å². The fraction of sp³-hybridized carbons (Fsp3) is 0.833. The lowest BCUT2D eigenvalue weighted by atomic mass is 9.99. The Bertz CT molecular complexity index is 258. The molecular weight excluding hydrogens is 218 g/mol. The van der Waals surface area contributed by atoms with E-state index in [1.807, 2.05) is 13.8 Å². The second-order valence-electron chi connectivity index (χ2n) is 4.33. The summed E-state index contributed by atoms with van der Waals surface area (Å²) in [6, 6.07) is 0. The average Bonchev–Trinajstić information content (AvgIpc) is 2.38. The number of hydrogen-bond donors (Lipinski definition) is 2. The number of nitrogens with one attached hydrogen (secondary N) is 2. The van der Waals surface area contributed by atoms with Gasteiger partial charge in [0.1, 0.15) is 0 Å². The minimum atomic E-state index is -0.00730. The molecule has 1 aliphatic heterocycles. The van der Waals surface area contributed by atoms with Crippen molar-refractivity contribution >= 4 is 11.8 Å². The molecule has 1 rings (SSSR count). The van der Waals surface area contributed by atoms with Gasteiger partial charge in [-0.15, -0.1) is 0 Å². The quantitative estimate of drug-likeness (QED) is 0.710. The first-order valence-electron chi connectivity index (χ1n) is 6.45. The Kier molecular flexibility index (Phi) is 5.97. The molecule has 1 atom stereocenters. The molecule has 0 saturated carbocycles. The molecule has 2 N–H and O–H groups in total. The first-order chi connectivity index (χ1) is 8.19. The molecule has 2 amide bonds. The van der Waals surface area contributed by atoms with Crippen molar-refractivity contribution in [2.75, 3.05) is 32.7 Å². The molecule has 0 aromatic carbocycles. The van der Waals surface area contributed by atoms with Crippen molar-refractivity contribution in [3.05, 3.63) is 0 Å². The van der Waals surface area contributed by atoms with E-state index >= 15 is 0 Å². The lowest BCUT2D eigenvalue weighted by Gasteiger charge is -2.23. The van der Waals surface area contributed by atoms with Gasteiger partial charge in [-0.25, -0.2) is 0 Å². The van der Waals surface area contributed by atoms with Crippen molar-refractivity contribution in [2.24, 2.45) is 5.92 Å². The van der Waals surface area contributed by atoms with E-state index in [-0.39, 0.29) is 24.3 Å². The normalized spacial score (nSPS) is 19.8. The molecule has 0 radical (unpaired) electrons. The smallest absolute Gasteiger partial charge is 0.241 e. The summed E-state index contributed by atoms with van der Waals surface area (Å²) in [6.45, 7) is 7.10. The molecule has 0 aromatic heterocycles. The Hall–Kier alpha value is -1.10. The van der Waals surface area contributed by atoms with Crippen molar-refractivity contribution in [3.8, 4) is 0 Å². The van der Waals surface area contributed by atoms with Gasteiger partial charge < -0.3 is 15.5 Å². The van der Waals surface area contributed by atoms with Gasteiger partial charge >= 0.3 is 0 Å². The van der Waals surface area contributed by atoms with E-state index in [0.717, 1.165) is 25.9 Å². The maximum Gasteiger partial charge on any atom is 0.241 e. The van der Waals surface area contributed by atoms with Crippen LogP contribution in [0.3, 0.4) is 0 Å². The summed E-state index contributed by atoms with van der Waals surface area (Å²) in [5.74, 6) is 0.0121. The summed E-state index contributed by atoms with van der Waals surface area (Å²) in [4.78, 5) is 25.2. The van der Waals surface area contributed by atoms with Gasteiger partial charge in [-0.05, 0) is 33.2 Å². The Morgan fingerprint density at radius 1 is 1.35 bits per heavy atom. The fourth-order valence-corrected chi connectivity index (χ4v) is 2.07. The Morgan fingerprint density at radius 3 is 2.59 bits per heavy atom. The highest BCUT2D eigenvalue weighted by Crippen LogP contribution is 2.09. The van der Waals surface area contributed by atoms with Gasteiger partial charge in [0.25, 0.3) is 0 Å². The Labute approximate surface area is 103 Å². The molecule has 0 bridgehead atoms. The van der Waals surface area contributed by atoms with Gasteiger partial charge in [-0.3, -0.25) is 9.59 Å². The fourth-order valence-electron chi connectivity index (χ4n) is 2.07. The van der Waals surface area contributed by atoms with Crippen LogP contribution in [-0.4, -0.2) is 49.4 Å². The molecule has 0 aromatic rings. The van der Waals surface area contributed by atoms with Crippen LogP contribution in [0.1, 0.15) is 26.7 Å². The highest BCUT2D eigenvalue weighted by Gasteiger charge is 2.21. The molecule has 5 nitrogen and oxygen atoms in total. The van der Waals surface area contributed by atoms with Crippen LogP contribution in [0.15, 0.2) is 0 Å². The van der Waals surface area contributed by atoms with Crippen molar-refractivity contribution in [1.29, 1.82) is 0 Å². The lowest BCUT2D eigenvalue weighted by Crippen LogP contribution is -2.45.